The highest BCUT2D eigenvalue weighted by atomic mass is 79.9. The summed E-state index contributed by atoms with van der Waals surface area (Å²) in [5.74, 6) is -0.0961. The maximum atomic E-state index is 13.6. The number of rotatable bonds is 3. The van der Waals surface area contributed by atoms with Crippen LogP contribution in [0.5, 0.6) is 0 Å². The van der Waals surface area contributed by atoms with Crippen LogP contribution in [-0.2, 0) is 5.60 Å². The van der Waals surface area contributed by atoms with Gasteiger partial charge in [0.25, 0.3) is 0 Å². The Balaban J connectivity index is 2.31. The van der Waals surface area contributed by atoms with E-state index < -0.39 is 5.60 Å². The van der Waals surface area contributed by atoms with Crippen LogP contribution in [0.3, 0.4) is 0 Å². The second-order valence-electron chi connectivity index (χ2n) is 4.21. The van der Waals surface area contributed by atoms with Gasteiger partial charge in [0.1, 0.15) is 5.82 Å². The Morgan fingerprint density at radius 1 is 1.60 bits per heavy atom. The Bertz CT molecular complexity index is 360. The Kier molecular flexibility index (Phi) is 2.86. The minimum Gasteiger partial charge on any atom is -0.385 e. The highest BCUT2D eigenvalue weighted by Crippen LogP contribution is 2.56. The third-order valence-electron chi connectivity index (χ3n) is 3.11. The molecule has 1 nitrogen and oxygen atoms in total. The summed E-state index contributed by atoms with van der Waals surface area (Å²) in [5, 5.41) is 10.3. The normalized spacial score (nSPS) is 29.2. The molecule has 1 N–H and O–H groups in total. The third kappa shape index (κ3) is 1.83. The molecule has 0 radical (unpaired) electrons. The fourth-order valence-electron chi connectivity index (χ4n) is 2.22. The van der Waals surface area contributed by atoms with Crippen LogP contribution in [0.4, 0.5) is 4.39 Å². The van der Waals surface area contributed by atoms with Gasteiger partial charge in [-0.15, -0.1) is 0 Å². The molecular formula is C12H14BrFO. The van der Waals surface area contributed by atoms with E-state index in [9.17, 15) is 9.50 Å². The number of hydrogen-bond acceptors (Lipinski definition) is 1. The van der Waals surface area contributed by atoms with E-state index in [4.69, 9.17) is 0 Å². The summed E-state index contributed by atoms with van der Waals surface area (Å²) in [6, 6.07) is 4.82. The van der Waals surface area contributed by atoms with Gasteiger partial charge in [0.15, 0.2) is 0 Å². The zero-order valence-corrected chi connectivity index (χ0v) is 10.2. The largest absolute Gasteiger partial charge is 0.385 e. The van der Waals surface area contributed by atoms with Gasteiger partial charge in [-0.05, 0) is 30.9 Å². The fourth-order valence-corrected chi connectivity index (χ4v) is 2.91. The first-order valence-electron chi connectivity index (χ1n) is 5.26. The predicted molar refractivity (Wildman–Crippen MR) is 61.0 cm³/mol. The van der Waals surface area contributed by atoms with Crippen LogP contribution in [0.2, 0.25) is 0 Å². The zero-order chi connectivity index (χ0) is 11.1. The van der Waals surface area contributed by atoms with Gasteiger partial charge in [0.2, 0.25) is 0 Å². The summed E-state index contributed by atoms with van der Waals surface area (Å²) >= 11 is 3.30. The van der Waals surface area contributed by atoms with Crippen molar-refractivity contribution in [1.82, 2.24) is 0 Å². The smallest absolute Gasteiger partial charge is 0.130 e. The summed E-state index contributed by atoms with van der Waals surface area (Å²) in [4.78, 5) is 0. The van der Waals surface area contributed by atoms with E-state index in [2.05, 4.69) is 22.9 Å². The van der Waals surface area contributed by atoms with E-state index in [-0.39, 0.29) is 11.7 Å². The Hall–Kier alpha value is -0.410. The van der Waals surface area contributed by atoms with Crippen LogP contribution in [0, 0.1) is 11.7 Å². The molecule has 3 heteroatoms. The van der Waals surface area contributed by atoms with Crippen molar-refractivity contribution in [3.63, 3.8) is 0 Å². The SMILES string of the molecule is CCCC1CC1(O)c1c(F)cccc1Br. The van der Waals surface area contributed by atoms with E-state index >= 15 is 0 Å². The summed E-state index contributed by atoms with van der Waals surface area (Å²) < 4.78 is 14.3. The van der Waals surface area contributed by atoms with Gasteiger partial charge in [0.05, 0.1) is 5.60 Å². The van der Waals surface area contributed by atoms with Crippen molar-refractivity contribution in [2.24, 2.45) is 5.92 Å². The van der Waals surface area contributed by atoms with Crippen molar-refractivity contribution in [3.8, 4) is 0 Å². The number of aliphatic hydroxyl groups is 1. The standard InChI is InChI=1S/C12H14BrFO/c1-2-4-8-7-12(8,15)11-9(13)5-3-6-10(11)14/h3,5-6,8,15H,2,4,7H2,1H3. The van der Waals surface area contributed by atoms with Crippen molar-refractivity contribution in [2.75, 3.05) is 0 Å². The molecule has 1 saturated carbocycles. The van der Waals surface area contributed by atoms with E-state index in [0.717, 1.165) is 12.8 Å². The van der Waals surface area contributed by atoms with Gasteiger partial charge in [-0.25, -0.2) is 4.39 Å². The minimum absolute atomic E-state index is 0.218. The molecule has 0 saturated heterocycles. The zero-order valence-electron chi connectivity index (χ0n) is 8.63. The Labute approximate surface area is 97.4 Å². The topological polar surface area (TPSA) is 20.2 Å². The molecule has 1 aromatic carbocycles. The molecule has 15 heavy (non-hydrogen) atoms. The molecule has 1 aromatic rings. The van der Waals surface area contributed by atoms with Gasteiger partial charge in [0, 0.05) is 10.0 Å². The van der Waals surface area contributed by atoms with Crippen LogP contribution in [0.1, 0.15) is 31.7 Å². The molecular weight excluding hydrogens is 259 g/mol. The van der Waals surface area contributed by atoms with Crippen molar-refractivity contribution in [1.29, 1.82) is 0 Å². The minimum atomic E-state index is -0.930. The number of halogens is 2. The Morgan fingerprint density at radius 3 is 2.93 bits per heavy atom. The molecule has 0 bridgehead atoms. The number of benzene rings is 1. The van der Waals surface area contributed by atoms with Crippen molar-refractivity contribution < 1.29 is 9.50 Å². The third-order valence-corrected chi connectivity index (χ3v) is 3.77. The van der Waals surface area contributed by atoms with Crippen molar-refractivity contribution >= 4 is 15.9 Å². The van der Waals surface area contributed by atoms with E-state index in [1.54, 1.807) is 12.1 Å². The maximum Gasteiger partial charge on any atom is 0.130 e. The maximum absolute atomic E-state index is 13.6. The highest BCUT2D eigenvalue weighted by molar-refractivity contribution is 9.10. The fraction of sp³-hybridized carbons (Fsp3) is 0.500. The van der Waals surface area contributed by atoms with E-state index in [1.807, 2.05) is 0 Å². The van der Waals surface area contributed by atoms with Crippen LogP contribution in [0.15, 0.2) is 22.7 Å². The lowest BCUT2D eigenvalue weighted by molar-refractivity contribution is 0.124. The molecule has 2 unspecified atom stereocenters. The van der Waals surface area contributed by atoms with Gasteiger partial charge in [-0.1, -0.05) is 35.3 Å². The molecule has 2 rings (SSSR count). The molecule has 0 aliphatic heterocycles. The quantitative estimate of drug-likeness (QED) is 0.892. The Morgan fingerprint density at radius 2 is 2.33 bits per heavy atom. The van der Waals surface area contributed by atoms with Crippen LogP contribution >= 0.6 is 15.9 Å². The highest BCUT2D eigenvalue weighted by Gasteiger charge is 2.55. The van der Waals surface area contributed by atoms with Crippen molar-refractivity contribution in [3.05, 3.63) is 34.1 Å². The molecule has 0 spiro atoms. The molecule has 1 aliphatic carbocycles. The predicted octanol–water partition coefficient (Wildman–Crippen LogP) is 3.60. The molecule has 0 aromatic heterocycles. The summed E-state index contributed by atoms with van der Waals surface area (Å²) in [6.45, 7) is 2.08. The van der Waals surface area contributed by atoms with Gasteiger partial charge in [-0.3, -0.25) is 0 Å². The summed E-state index contributed by atoms with van der Waals surface area (Å²) in [5.41, 5.74) is -0.497. The second-order valence-corrected chi connectivity index (χ2v) is 5.06. The van der Waals surface area contributed by atoms with Crippen LogP contribution in [0.25, 0.3) is 0 Å². The summed E-state index contributed by atoms with van der Waals surface area (Å²) in [7, 11) is 0. The van der Waals surface area contributed by atoms with Crippen LogP contribution in [-0.4, -0.2) is 5.11 Å². The average molecular weight is 273 g/mol. The first kappa shape index (κ1) is 11.1. The molecule has 2 atom stereocenters. The van der Waals surface area contributed by atoms with Gasteiger partial charge >= 0.3 is 0 Å². The number of hydrogen-bond donors (Lipinski definition) is 1. The lowest BCUT2D eigenvalue weighted by Crippen LogP contribution is -2.12. The molecule has 82 valence electrons. The average Bonchev–Trinajstić information content (AvgIpc) is 2.77. The lowest BCUT2D eigenvalue weighted by Gasteiger charge is -2.13. The molecule has 1 fully saturated rings. The molecule has 0 amide bonds. The van der Waals surface area contributed by atoms with E-state index in [1.165, 1.54) is 6.07 Å². The first-order chi connectivity index (χ1) is 7.09. The van der Waals surface area contributed by atoms with Crippen LogP contribution < -0.4 is 0 Å². The van der Waals surface area contributed by atoms with Crippen molar-refractivity contribution in [2.45, 2.75) is 31.8 Å². The van der Waals surface area contributed by atoms with Gasteiger partial charge in [-0.2, -0.15) is 0 Å². The first-order valence-corrected chi connectivity index (χ1v) is 6.05. The molecule has 1 aliphatic rings. The second kappa shape index (κ2) is 3.87. The van der Waals surface area contributed by atoms with Gasteiger partial charge < -0.3 is 5.11 Å². The summed E-state index contributed by atoms with van der Waals surface area (Å²) in [6.07, 6.45) is 2.66. The lowest BCUT2D eigenvalue weighted by atomic mass is 10.0. The van der Waals surface area contributed by atoms with E-state index in [0.29, 0.717) is 16.5 Å². The monoisotopic (exact) mass is 272 g/mol. The molecule has 0 heterocycles.